The van der Waals surface area contributed by atoms with E-state index in [1.807, 2.05) is 31.2 Å². The first-order valence-corrected chi connectivity index (χ1v) is 5.78. The zero-order valence-corrected chi connectivity index (χ0v) is 10.5. The highest BCUT2D eigenvalue weighted by Gasteiger charge is 2.13. The minimum Gasteiger partial charge on any atom is -0.494 e. The third-order valence-electron chi connectivity index (χ3n) is 3.06. The lowest BCUT2D eigenvalue weighted by Crippen LogP contribution is -2.13. The van der Waals surface area contributed by atoms with Crippen LogP contribution < -0.4 is 10.5 Å². The number of halogens is 1. The molecule has 0 saturated heterocycles. The van der Waals surface area contributed by atoms with Gasteiger partial charge in [-0.3, -0.25) is 0 Å². The van der Waals surface area contributed by atoms with Crippen molar-refractivity contribution in [2.45, 2.75) is 13.0 Å². The van der Waals surface area contributed by atoms with Gasteiger partial charge in [0.1, 0.15) is 0 Å². The Morgan fingerprint density at radius 1 is 1.17 bits per heavy atom. The SMILES string of the molecule is COc1cc(C(N)c2ccccc2C)ccc1F. The van der Waals surface area contributed by atoms with Crippen LogP contribution in [0.15, 0.2) is 42.5 Å². The van der Waals surface area contributed by atoms with Crippen molar-refractivity contribution in [2.24, 2.45) is 5.73 Å². The minimum absolute atomic E-state index is 0.219. The second-order valence-corrected chi connectivity index (χ2v) is 4.23. The van der Waals surface area contributed by atoms with E-state index < -0.39 is 0 Å². The average molecular weight is 245 g/mol. The number of aryl methyl sites for hydroxylation is 1. The van der Waals surface area contributed by atoms with Gasteiger partial charge in [0, 0.05) is 0 Å². The lowest BCUT2D eigenvalue weighted by molar-refractivity contribution is 0.385. The number of benzene rings is 2. The van der Waals surface area contributed by atoms with E-state index in [1.165, 1.54) is 13.2 Å². The number of rotatable bonds is 3. The molecule has 94 valence electrons. The summed E-state index contributed by atoms with van der Waals surface area (Å²) in [5.41, 5.74) is 9.20. The van der Waals surface area contributed by atoms with Crippen molar-refractivity contribution in [1.82, 2.24) is 0 Å². The lowest BCUT2D eigenvalue weighted by atomic mass is 9.96. The Morgan fingerprint density at radius 3 is 2.56 bits per heavy atom. The van der Waals surface area contributed by atoms with Crippen LogP contribution in [-0.4, -0.2) is 7.11 Å². The molecule has 0 aliphatic heterocycles. The van der Waals surface area contributed by atoms with Crippen LogP contribution in [0.3, 0.4) is 0 Å². The number of hydrogen-bond donors (Lipinski definition) is 1. The lowest BCUT2D eigenvalue weighted by Gasteiger charge is -2.16. The molecule has 0 amide bonds. The van der Waals surface area contributed by atoms with Crippen molar-refractivity contribution in [3.63, 3.8) is 0 Å². The highest BCUT2D eigenvalue weighted by Crippen LogP contribution is 2.26. The molecule has 0 spiro atoms. The van der Waals surface area contributed by atoms with E-state index in [1.54, 1.807) is 12.1 Å². The smallest absolute Gasteiger partial charge is 0.165 e. The Labute approximate surface area is 106 Å². The van der Waals surface area contributed by atoms with Crippen molar-refractivity contribution < 1.29 is 9.13 Å². The monoisotopic (exact) mass is 245 g/mol. The minimum atomic E-state index is -0.377. The molecule has 3 heteroatoms. The Balaban J connectivity index is 2.40. The molecule has 0 aliphatic rings. The molecule has 1 unspecified atom stereocenters. The van der Waals surface area contributed by atoms with Gasteiger partial charge in [-0.25, -0.2) is 4.39 Å². The van der Waals surface area contributed by atoms with Crippen molar-refractivity contribution in [2.75, 3.05) is 7.11 Å². The molecule has 0 fully saturated rings. The summed E-state index contributed by atoms with van der Waals surface area (Å²) in [6.45, 7) is 2.01. The fourth-order valence-electron chi connectivity index (χ4n) is 1.99. The van der Waals surface area contributed by atoms with Gasteiger partial charge in [0.15, 0.2) is 11.6 Å². The second kappa shape index (κ2) is 5.19. The molecule has 0 aromatic heterocycles. The molecular weight excluding hydrogens is 229 g/mol. The van der Waals surface area contributed by atoms with Crippen LogP contribution >= 0.6 is 0 Å². The highest BCUT2D eigenvalue weighted by atomic mass is 19.1. The molecule has 2 rings (SSSR count). The van der Waals surface area contributed by atoms with E-state index in [4.69, 9.17) is 10.5 Å². The standard InChI is InChI=1S/C15H16FNO/c1-10-5-3-4-6-12(10)15(17)11-7-8-13(16)14(9-11)18-2/h3-9,15H,17H2,1-2H3. The first kappa shape index (κ1) is 12.6. The largest absolute Gasteiger partial charge is 0.494 e. The normalized spacial score (nSPS) is 12.2. The van der Waals surface area contributed by atoms with E-state index >= 15 is 0 Å². The summed E-state index contributed by atoms with van der Waals surface area (Å²) in [5, 5.41) is 0. The van der Waals surface area contributed by atoms with Gasteiger partial charge in [-0.2, -0.15) is 0 Å². The molecule has 0 radical (unpaired) electrons. The third kappa shape index (κ3) is 2.36. The van der Waals surface area contributed by atoms with Gasteiger partial charge >= 0.3 is 0 Å². The fraction of sp³-hybridized carbons (Fsp3) is 0.200. The first-order chi connectivity index (χ1) is 8.63. The van der Waals surface area contributed by atoms with E-state index in [9.17, 15) is 4.39 Å². The number of nitrogens with two attached hydrogens (primary N) is 1. The molecule has 2 aromatic rings. The van der Waals surface area contributed by atoms with Crippen molar-refractivity contribution in [1.29, 1.82) is 0 Å². The quantitative estimate of drug-likeness (QED) is 0.901. The predicted molar refractivity (Wildman–Crippen MR) is 70.2 cm³/mol. The van der Waals surface area contributed by atoms with Crippen molar-refractivity contribution >= 4 is 0 Å². The maximum atomic E-state index is 13.3. The summed E-state index contributed by atoms with van der Waals surface area (Å²) in [6.07, 6.45) is 0. The molecule has 0 heterocycles. The average Bonchev–Trinajstić information content (AvgIpc) is 2.39. The Kier molecular flexibility index (Phi) is 3.63. The van der Waals surface area contributed by atoms with Gasteiger partial charge in [0.05, 0.1) is 13.2 Å². The van der Waals surface area contributed by atoms with Gasteiger partial charge in [-0.1, -0.05) is 30.3 Å². The predicted octanol–water partition coefficient (Wildman–Crippen LogP) is 3.19. The molecule has 0 bridgehead atoms. The van der Waals surface area contributed by atoms with Crippen LogP contribution in [-0.2, 0) is 0 Å². The summed E-state index contributed by atoms with van der Waals surface area (Å²) in [7, 11) is 1.45. The maximum absolute atomic E-state index is 13.3. The Hall–Kier alpha value is -1.87. The zero-order valence-electron chi connectivity index (χ0n) is 10.5. The first-order valence-electron chi connectivity index (χ1n) is 5.78. The Morgan fingerprint density at radius 2 is 1.89 bits per heavy atom. The molecule has 0 aliphatic carbocycles. The van der Waals surface area contributed by atoms with Crippen molar-refractivity contribution in [3.8, 4) is 5.75 Å². The zero-order chi connectivity index (χ0) is 13.1. The molecule has 2 N–H and O–H groups in total. The highest BCUT2D eigenvalue weighted by molar-refractivity contribution is 5.39. The summed E-state index contributed by atoms with van der Waals surface area (Å²) in [5.74, 6) is -0.158. The van der Waals surface area contributed by atoms with E-state index in [0.29, 0.717) is 0 Å². The summed E-state index contributed by atoms with van der Waals surface area (Å²) < 4.78 is 18.3. The summed E-state index contributed by atoms with van der Waals surface area (Å²) >= 11 is 0. The van der Waals surface area contributed by atoms with Crippen LogP contribution in [0.4, 0.5) is 4.39 Å². The van der Waals surface area contributed by atoms with Crippen molar-refractivity contribution in [3.05, 3.63) is 65.0 Å². The second-order valence-electron chi connectivity index (χ2n) is 4.23. The van der Waals surface area contributed by atoms with Crippen LogP contribution in [0.2, 0.25) is 0 Å². The molecule has 2 nitrogen and oxygen atoms in total. The van der Waals surface area contributed by atoms with Crippen LogP contribution in [0.5, 0.6) is 5.75 Å². The molecule has 1 atom stereocenters. The fourth-order valence-corrected chi connectivity index (χ4v) is 1.99. The van der Waals surface area contributed by atoms with E-state index in [2.05, 4.69) is 0 Å². The molecule has 0 saturated carbocycles. The Bertz CT molecular complexity index is 554. The van der Waals surface area contributed by atoms with Gasteiger partial charge in [0.2, 0.25) is 0 Å². The number of hydrogen-bond acceptors (Lipinski definition) is 2. The van der Waals surface area contributed by atoms with Crippen LogP contribution in [0.1, 0.15) is 22.7 Å². The maximum Gasteiger partial charge on any atom is 0.165 e. The van der Waals surface area contributed by atoms with Gasteiger partial charge in [0.25, 0.3) is 0 Å². The molecule has 18 heavy (non-hydrogen) atoms. The van der Waals surface area contributed by atoms with Gasteiger partial charge in [-0.05, 0) is 35.7 Å². The summed E-state index contributed by atoms with van der Waals surface area (Å²) in [6, 6.07) is 12.3. The number of methoxy groups -OCH3 is 1. The summed E-state index contributed by atoms with van der Waals surface area (Å²) in [4.78, 5) is 0. The van der Waals surface area contributed by atoms with E-state index in [0.717, 1.165) is 16.7 Å². The third-order valence-corrected chi connectivity index (χ3v) is 3.06. The molecule has 2 aromatic carbocycles. The van der Waals surface area contributed by atoms with Gasteiger partial charge < -0.3 is 10.5 Å². The number of ether oxygens (including phenoxy) is 1. The topological polar surface area (TPSA) is 35.2 Å². The van der Waals surface area contributed by atoms with Crippen LogP contribution in [0.25, 0.3) is 0 Å². The van der Waals surface area contributed by atoms with Gasteiger partial charge in [-0.15, -0.1) is 0 Å². The molecular formula is C15H16FNO. The van der Waals surface area contributed by atoms with E-state index in [-0.39, 0.29) is 17.6 Å². The van der Waals surface area contributed by atoms with Crippen LogP contribution in [0, 0.1) is 12.7 Å².